The first-order valence-electron chi connectivity index (χ1n) is 8.92. The van der Waals surface area contributed by atoms with Crippen molar-refractivity contribution in [1.82, 2.24) is 25.4 Å². The van der Waals surface area contributed by atoms with Gasteiger partial charge in [0.05, 0.1) is 6.04 Å². The topological polar surface area (TPSA) is 67.1 Å². The first-order valence-corrected chi connectivity index (χ1v) is 8.92. The van der Waals surface area contributed by atoms with Gasteiger partial charge in [0.25, 0.3) is 0 Å². The van der Waals surface area contributed by atoms with Gasteiger partial charge in [0.2, 0.25) is 0 Å². The fourth-order valence-electron chi connectivity index (χ4n) is 2.40. The van der Waals surface area contributed by atoms with Gasteiger partial charge in [-0.2, -0.15) is 0 Å². The van der Waals surface area contributed by atoms with Gasteiger partial charge in [0.15, 0.2) is 11.8 Å². The maximum atomic E-state index is 4.70. The molecular weight excluding hydrogens is 439 g/mol. The Hall–Kier alpha value is -1.64. The molecule has 0 fully saturated rings. The van der Waals surface area contributed by atoms with Crippen LogP contribution in [0.3, 0.4) is 0 Å². The molecule has 0 aliphatic rings. The molecule has 0 spiro atoms. The van der Waals surface area contributed by atoms with E-state index in [9.17, 15) is 0 Å². The van der Waals surface area contributed by atoms with Gasteiger partial charge in [0.1, 0.15) is 12.4 Å². The predicted octanol–water partition coefficient (Wildman–Crippen LogP) is 3.58. The second kappa shape index (κ2) is 11.2. The van der Waals surface area contributed by atoms with E-state index in [1.807, 2.05) is 24.6 Å². The van der Waals surface area contributed by atoms with E-state index in [0.29, 0.717) is 12.5 Å². The Morgan fingerprint density at radius 3 is 2.42 bits per heavy atom. The van der Waals surface area contributed by atoms with Gasteiger partial charge in [-0.05, 0) is 31.7 Å². The summed E-state index contributed by atoms with van der Waals surface area (Å²) in [5.41, 5.74) is 1.23. The summed E-state index contributed by atoms with van der Waals surface area (Å²) in [4.78, 5) is 4.70. The summed E-state index contributed by atoms with van der Waals surface area (Å²) in [5, 5.41) is 15.2. The number of halogens is 1. The maximum absolute atomic E-state index is 4.70. The molecule has 2 aromatic rings. The molecule has 0 radical (unpaired) electrons. The van der Waals surface area contributed by atoms with Crippen LogP contribution in [0.15, 0.2) is 35.3 Å². The average Bonchev–Trinajstić information content (AvgIpc) is 2.91. The number of aryl methyl sites for hydroxylation is 1. The lowest BCUT2D eigenvalue weighted by Gasteiger charge is -2.19. The number of rotatable bonds is 7. The van der Waals surface area contributed by atoms with Gasteiger partial charge in [-0.15, -0.1) is 34.2 Å². The van der Waals surface area contributed by atoms with Crippen LogP contribution in [0.25, 0.3) is 0 Å². The monoisotopic (exact) mass is 470 g/mol. The van der Waals surface area contributed by atoms with Crippen LogP contribution in [-0.4, -0.2) is 27.3 Å². The van der Waals surface area contributed by atoms with Crippen LogP contribution in [0.4, 0.5) is 0 Å². The van der Waals surface area contributed by atoms with E-state index >= 15 is 0 Å². The number of aliphatic imine (C=N–C) groups is 1. The lowest BCUT2D eigenvalue weighted by atomic mass is 10.1. The summed E-state index contributed by atoms with van der Waals surface area (Å²) in [7, 11) is 1.96. The molecule has 0 aliphatic carbocycles. The van der Waals surface area contributed by atoms with E-state index in [-0.39, 0.29) is 30.0 Å². The Labute approximate surface area is 173 Å². The van der Waals surface area contributed by atoms with Crippen molar-refractivity contribution in [2.45, 2.75) is 46.7 Å². The van der Waals surface area contributed by atoms with Crippen LogP contribution in [-0.2, 0) is 13.6 Å². The Morgan fingerprint density at radius 1 is 1.15 bits per heavy atom. The fraction of sp³-hybridized carbons (Fsp3) is 0.526. The molecule has 2 N–H and O–H groups in total. The lowest BCUT2D eigenvalue weighted by Crippen LogP contribution is -2.39. The molecule has 0 amide bonds. The third-order valence-corrected chi connectivity index (χ3v) is 4.23. The summed E-state index contributed by atoms with van der Waals surface area (Å²) in [6, 6.07) is 10.6. The van der Waals surface area contributed by atoms with Crippen molar-refractivity contribution in [2.75, 3.05) is 6.54 Å². The van der Waals surface area contributed by atoms with E-state index in [1.165, 1.54) is 5.56 Å². The normalized spacial score (nSPS) is 12.6. The van der Waals surface area contributed by atoms with Gasteiger partial charge < -0.3 is 15.2 Å². The summed E-state index contributed by atoms with van der Waals surface area (Å²) < 4.78 is 1.97. The quantitative estimate of drug-likeness (QED) is 0.369. The number of aromatic nitrogens is 3. The van der Waals surface area contributed by atoms with Crippen LogP contribution in [0.2, 0.25) is 0 Å². The maximum Gasteiger partial charge on any atom is 0.192 e. The molecule has 0 aliphatic heterocycles. The van der Waals surface area contributed by atoms with Gasteiger partial charge >= 0.3 is 0 Å². The van der Waals surface area contributed by atoms with Crippen molar-refractivity contribution in [1.29, 1.82) is 0 Å². The molecular formula is C19H31IN6. The number of hydrogen-bond donors (Lipinski definition) is 2. The number of hydrogen-bond acceptors (Lipinski definition) is 3. The molecule has 1 unspecified atom stereocenters. The fourth-order valence-corrected chi connectivity index (χ4v) is 2.40. The van der Waals surface area contributed by atoms with E-state index < -0.39 is 0 Å². The predicted molar refractivity (Wildman–Crippen MR) is 118 cm³/mol. The third kappa shape index (κ3) is 6.93. The number of benzene rings is 1. The molecule has 7 heteroatoms. The smallest absolute Gasteiger partial charge is 0.192 e. The highest BCUT2D eigenvalue weighted by Gasteiger charge is 2.09. The molecule has 1 atom stereocenters. The molecule has 1 aromatic carbocycles. The van der Waals surface area contributed by atoms with Gasteiger partial charge in [-0.3, -0.25) is 0 Å². The number of nitrogens with one attached hydrogen (secondary N) is 2. The standard InChI is InChI=1S/C19H30N6.HI/c1-14(2)11-12-20-19(21-13-18-24-23-16(4)25(18)5)22-15(3)17-9-7-6-8-10-17;/h6-10,14-15H,11-13H2,1-5H3,(H2,20,21,22);1H. The van der Waals surface area contributed by atoms with Crippen molar-refractivity contribution < 1.29 is 0 Å². The van der Waals surface area contributed by atoms with Crippen LogP contribution < -0.4 is 10.6 Å². The van der Waals surface area contributed by atoms with Crippen LogP contribution in [0, 0.1) is 12.8 Å². The van der Waals surface area contributed by atoms with Gasteiger partial charge in [0, 0.05) is 13.6 Å². The zero-order valence-electron chi connectivity index (χ0n) is 16.4. The highest BCUT2D eigenvalue weighted by molar-refractivity contribution is 14.0. The van der Waals surface area contributed by atoms with Crippen molar-refractivity contribution in [3.8, 4) is 0 Å². The lowest BCUT2D eigenvalue weighted by molar-refractivity contribution is 0.568. The Balaban J connectivity index is 0.00000338. The largest absolute Gasteiger partial charge is 0.356 e. The molecule has 1 aromatic heterocycles. The number of nitrogens with zero attached hydrogens (tertiary/aromatic N) is 4. The van der Waals surface area contributed by atoms with Gasteiger partial charge in [-0.1, -0.05) is 44.2 Å². The van der Waals surface area contributed by atoms with Crippen molar-refractivity contribution >= 4 is 29.9 Å². The molecule has 2 rings (SSSR count). The van der Waals surface area contributed by atoms with Gasteiger partial charge in [-0.25, -0.2) is 4.99 Å². The number of guanidine groups is 1. The highest BCUT2D eigenvalue weighted by atomic mass is 127. The van der Waals surface area contributed by atoms with Crippen LogP contribution in [0.1, 0.15) is 50.4 Å². The minimum atomic E-state index is 0. The molecule has 26 heavy (non-hydrogen) atoms. The van der Waals surface area contributed by atoms with E-state index in [1.54, 1.807) is 0 Å². The molecule has 144 valence electrons. The summed E-state index contributed by atoms with van der Waals surface area (Å²) in [6.45, 7) is 9.92. The third-order valence-electron chi connectivity index (χ3n) is 4.23. The minimum Gasteiger partial charge on any atom is -0.356 e. The first-order chi connectivity index (χ1) is 12.0. The summed E-state index contributed by atoms with van der Waals surface area (Å²) in [5.74, 6) is 3.21. The Bertz CT molecular complexity index is 681. The average molecular weight is 470 g/mol. The summed E-state index contributed by atoms with van der Waals surface area (Å²) >= 11 is 0. The first kappa shape index (κ1) is 22.4. The molecule has 6 nitrogen and oxygen atoms in total. The van der Waals surface area contributed by atoms with E-state index in [0.717, 1.165) is 30.6 Å². The Kier molecular flexibility index (Phi) is 9.61. The zero-order chi connectivity index (χ0) is 18.2. The summed E-state index contributed by atoms with van der Waals surface area (Å²) in [6.07, 6.45) is 1.10. The van der Waals surface area contributed by atoms with Crippen molar-refractivity contribution in [3.63, 3.8) is 0 Å². The highest BCUT2D eigenvalue weighted by Crippen LogP contribution is 2.11. The van der Waals surface area contributed by atoms with Crippen LogP contribution >= 0.6 is 24.0 Å². The van der Waals surface area contributed by atoms with Crippen molar-refractivity contribution in [3.05, 3.63) is 47.5 Å². The SMILES string of the molecule is Cc1nnc(CN=C(NCCC(C)C)NC(C)c2ccccc2)n1C.I. The zero-order valence-corrected chi connectivity index (χ0v) is 18.7. The second-order valence-corrected chi connectivity index (χ2v) is 6.77. The van der Waals surface area contributed by atoms with Crippen LogP contribution in [0.5, 0.6) is 0 Å². The molecule has 0 bridgehead atoms. The molecule has 1 heterocycles. The van der Waals surface area contributed by atoms with Crippen molar-refractivity contribution in [2.24, 2.45) is 18.0 Å². The Morgan fingerprint density at radius 2 is 1.85 bits per heavy atom. The second-order valence-electron chi connectivity index (χ2n) is 6.77. The van der Waals surface area contributed by atoms with E-state index in [2.05, 4.69) is 65.9 Å². The molecule has 0 saturated carbocycles. The molecule has 0 saturated heterocycles. The van der Waals surface area contributed by atoms with E-state index in [4.69, 9.17) is 4.99 Å². The minimum absolute atomic E-state index is 0.